The van der Waals surface area contributed by atoms with E-state index in [0.717, 1.165) is 10.9 Å². The van der Waals surface area contributed by atoms with Gasteiger partial charge in [0.15, 0.2) is 0 Å². The molecule has 0 aliphatic rings. The van der Waals surface area contributed by atoms with Gasteiger partial charge in [0.25, 0.3) is 0 Å². The minimum atomic E-state index is -0.174. The number of rotatable bonds is 2. The standard InChI is InChI=1S/C7H10BrF/c1-3-4-7(8)5-6(2)9/h4-5H,3H2,1-2H3. The fourth-order valence-electron chi connectivity index (χ4n) is 0.444. The number of allylic oxidation sites excluding steroid dienone is 4. The van der Waals surface area contributed by atoms with Gasteiger partial charge in [-0.1, -0.05) is 28.9 Å². The molecule has 0 bridgehead atoms. The molecule has 0 N–H and O–H groups in total. The van der Waals surface area contributed by atoms with Gasteiger partial charge < -0.3 is 0 Å². The lowest BCUT2D eigenvalue weighted by Crippen LogP contribution is -1.64. The summed E-state index contributed by atoms with van der Waals surface area (Å²) < 4.78 is 12.9. The normalized spacial score (nSPS) is 14.2. The first-order chi connectivity index (χ1) is 4.16. The zero-order valence-corrected chi connectivity index (χ0v) is 7.20. The topological polar surface area (TPSA) is 0 Å². The van der Waals surface area contributed by atoms with E-state index >= 15 is 0 Å². The van der Waals surface area contributed by atoms with Gasteiger partial charge in [0.1, 0.15) is 0 Å². The predicted octanol–water partition coefficient (Wildman–Crippen LogP) is 3.55. The van der Waals surface area contributed by atoms with Crippen LogP contribution in [-0.2, 0) is 0 Å². The van der Waals surface area contributed by atoms with Crippen molar-refractivity contribution in [3.63, 3.8) is 0 Å². The molecular formula is C7H10BrF. The first-order valence-electron chi connectivity index (χ1n) is 2.86. The maximum Gasteiger partial charge on any atom is 0.0979 e. The molecule has 0 aromatic rings. The summed E-state index contributed by atoms with van der Waals surface area (Å²) in [6.45, 7) is 3.42. The number of halogens is 2. The smallest absolute Gasteiger partial charge is 0.0979 e. The molecule has 52 valence electrons. The summed E-state index contributed by atoms with van der Waals surface area (Å²) in [5.41, 5.74) is 0. The van der Waals surface area contributed by atoms with Crippen LogP contribution in [0, 0.1) is 0 Å². The molecular weight excluding hydrogens is 183 g/mol. The third-order valence-electron chi connectivity index (χ3n) is 0.736. The van der Waals surface area contributed by atoms with Crippen molar-refractivity contribution in [2.75, 3.05) is 0 Å². The molecule has 0 rings (SSSR count). The van der Waals surface area contributed by atoms with Gasteiger partial charge in [0.2, 0.25) is 0 Å². The molecule has 0 aromatic heterocycles. The van der Waals surface area contributed by atoms with Gasteiger partial charge in [-0.05, 0) is 19.4 Å². The molecule has 0 radical (unpaired) electrons. The fraction of sp³-hybridized carbons (Fsp3) is 0.429. The maximum absolute atomic E-state index is 12.1. The molecule has 0 spiro atoms. The van der Waals surface area contributed by atoms with Crippen molar-refractivity contribution in [3.05, 3.63) is 22.5 Å². The van der Waals surface area contributed by atoms with E-state index in [2.05, 4.69) is 15.9 Å². The van der Waals surface area contributed by atoms with Gasteiger partial charge in [0.05, 0.1) is 5.83 Å². The molecule has 0 amide bonds. The van der Waals surface area contributed by atoms with Crippen LogP contribution in [0.5, 0.6) is 0 Å². The van der Waals surface area contributed by atoms with Crippen LogP contribution < -0.4 is 0 Å². The monoisotopic (exact) mass is 192 g/mol. The van der Waals surface area contributed by atoms with Crippen molar-refractivity contribution in [1.82, 2.24) is 0 Å². The van der Waals surface area contributed by atoms with Gasteiger partial charge in [0, 0.05) is 4.48 Å². The number of hydrogen-bond acceptors (Lipinski definition) is 0. The summed E-state index contributed by atoms with van der Waals surface area (Å²) in [4.78, 5) is 0. The van der Waals surface area contributed by atoms with E-state index in [1.165, 1.54) is 13.0 Å². The van der Waals surface area contributed by atoms with Crippen LogP contribution in [0.2, 0.25) is 0 Å². The molecule has 0 atom stereocenters. The van der Waals surface area contributed by atoms with Gasteiger partial charge in [-0.2, -0.15) is 0 Å². The van der Waals surface area contributed by atoms with E-state index in [1.807, 2.05) is 13.0 Å². The van der Waals surface area contributed by atoms with Crippen LogP contribution in [-0.4, -0.2) is 0 Å². The molecule has 0 fully saturated rings. The highest BCUT2D eigenvalue weighted by atomic mass is 79.9. The first kappa shape index (κ1) is 8.89. The van der Waals surface area contributed by atoms with Crippen molar-refractivity contribution >= 4 is 15.9 Å². The van der Waals surface area contributed by atoms with E-state index in [1.54, 1.807) is 0 Å². The highest BCUT2D eigenvalue weighted by molar-refractivity contribution is 9.11. The second-order valence-corrected chi connectivity index (χ2v) is 2.64. The minimum Gasteiger partial charge on any atom is -0.212 e. The van der Waals surface area contributed by atoms with Crippen molar-refractivity contribution in [3.8, 4) is 0 Å². The summed E-state index contributed by atoms with van der Waals surface area (Å²) >= 11 is 3.18. The zero-order valence-electron chi connectivity index (χ0n) is 5.62. The minimum absolute atomic E-state index is 0.174. The van der Waals surface area contributed by atoms with Crippen LogP contribution >= 0.6 is 15.9 Å². The first-order valence-corrected chi connectivity index (χ1v) is 3.65. The van der Waals surface area contributed by atoms with Crippen LogP contribution in [0.25, 0.3) is 0 Å². The average molecular weight is 193 g/mol. The van der Waals surface area contributed by atoms with E-state index in [9.17, 15) is 4.39 Å². The van der Waals surface area contributed by atoms with E-state index in [-0.39, 0.29) is 5.83 Å². The summed E-state index contributed by atoms with van der Waals surface area (Å²) in [6.07, 6.45) is 4.27. The highest BCUT2D eigenvalue weighted by Gasteiger charge is 1.84. The molecule has 0 aliphatic heterocycles. The number of hydrogen-bond donors (Lipinski definition) is 0. The Morgan fingerprint density at radius 2 is 2.22 bits per heavy atom. The molecule has 0 aromatic carbocycles. The van der Waals surface area contributed by atoms with E-state index in [4.69, 9.17) is 0 Å². The van der Waals surface area contributed by atoms with Gasteiger partial charge in [-0.15, -0.1) is 0 Å². The summed E-state index contributed by atoms with van der Waals surface area (Å²) in [5, 5.41) is 0. The Hall–Kier alpha value is -0.110. The van der Waals surface area contributed by atoms with E-state index in [0.29, 0.717) is 0 Å². The van der Waals surface area contributed by atoms with Crippen LogP contribution in [0.1, 0.15) is 20.3 Å². The zero-order chi connectivity index (χ0) is 7.28. The molecule has 2 heteroatoms. The van der Waals surface area contributed by atoms with Crippen LogP contribution in [0.3, 0.4) is 0 Å². The predicted molar refractivity (Wildman–Crippen MR) is 42.2 cm³/mol. The maximum atomic E-state index is 12.1. The Kier molecular flexibility index (Phi) is 4.68. The van der Waals surface area contributed by atoms with Crippen LogP contribution in [0.4, 0.5) is 4.39 Å². The highest BCUT2D eigenvalue weighted by Crippen LogP contribution is 2.10. The molecule has 0 nitrogen and oxygen atoms in total. The molecule has 0 aliphatic carbocycles. The van der Waals surface area contributed by atoms with E-state index < -0.39 is 0 Å². The molecule has 9 heavy (non-hydrogen) atoms. The van der Waals surface area contributed by atoms with Crippen molar-refractivity contribution < 1.29 is 4.39 Å². The van der Waals surface area contributed by atoms with Gasteiger partial charge in [-0.25, -0.2) is 4.39 Å². The van der Waals surface area contributed by atoms with Crippen molar-refractivity contribution in [1.29, 1.82) is 0 Å². The van der Waals surface area contributed by atoms with Crippen molar-refractivity contribution in [2.45, 2.75) is 20.3 Å². The SMILES string of the molecule is CCC=C(Br)C=C(C)F. The summed E-state index contributed by atoms with van der Waals surface area (Å²) in [6, 6.07) is 0. The summed E-state index contributed by atoms with van der Waals surface area (Å²) in [7, 11) is 0. The fourth-order valence-corrected chi connectivity index (χ4v) is 1.08. The second kappa shape index (κ2) is 4.74. The Labute approximate surface area is 63.6 Å². The second-order valence-electron chi connectivity index (χ2n) is 1.73. The molecule has 0 saturated carbocycles. The van der Waals surface area contributed by atoms with Gasteiger partial charge >= 0.3 is 0 Å². The third-order valence-corrected chi connectivity index (χ3v) is 1.29. The molecule has 0 heterocycles. The lowest BCUT2D eigenvalue weighted by molar-refractivity contribution is 0.640. The Morgan fingerprint density at radius 1 is 1.67 bits per heavy atom. The summed E-state index contributed by atoms with van der Waals surface area (Å²) in [5.74, 6) is -0.174. The quantitative estimate of drug-likeness (QED) is 0.588. The largest absolute Gasteiger partial charge is 0.212 e. The Balaban J connectivity index is 3.90. The van der Waals surface area contributed by atoms with Crippen molar-refractivity contribution in [2.24, 2.45) is 0 Å². The molecule has 0 unspecified atom stereocenters. The molecule has 0 saturated heterocycles. The lowest BCUT2D eigenvalue weighted by atomic mass is 10.4. The Bertz CT molecular complexity index is 132. The third kappa shape index (κ3) is 5.77. The Morgan fingerprint density at radius 3 is 2.56 bits per heavy atom. The average Bonchev–Trinajstić information content (AvgIpc) is 1.63. The van der Waals surface area contributed by atoms with Gasteiger partial charge in [-0.3, -0.25) is 0 Å². The lowest BCUT2D eigenvalue weighted by Gasteiger charge is -1.86. The van der Waals surface area contributed by atoms with Crippen LogP contribution in [0.15, 0.2) is 22.5 Å².